The fourth-order valence-corrected chi connectivity index (χ4v) is 2.89. The lowest BCUT2D eigenvalue weighted by Crippen LogP contribution is -2.29. The van der Waals surface area contributed by atoms with E-state index in [2.05, 4.69) is 28.7 Å². The number of benzene rings is 2. The number of fused-ring (bicyclic) bond motifs is 1. The quantitative estimate of drug-likeness (QED) is 0.669. The van der Waals surface area contributed by atoms with Gasteiger partial charge in [-0.05, 0) is 48.1 Å². The molecule has 0 radical (unpaired) electrons. The second kappa shape index (κ2) is 8.08. The van der Waals surface area contributed by atoms with Crippen LogP contribution in [0.4, 0.5) is 0 Å². The van der Waals surface area contributed by atoms with E-state index in [-0.39, 0.29) is 18.6 Å². The first kappa shape index (κ1) is 16.7. The zero-order valence-electron chi connectivity index (χ0n) is 13.2. The summed E-state index contributed by atoms with van der Waals surface area (Å²) in [4.78, 5) is 11.8. The van der Waals surface area contributed by atoms with Crippen LogP contribution in [0.25, 0.3) is 0 Å². The number of hydrogen-bond donors (Lipinski definition) is 1. The highest BCUT2D eigenvalue weighted by molar-refractivity contribution is 6.30. The van der Waals surface area contributed by atoms with Crippen molar-refractivity contribution >= 4 is 23.7 Å². The van der Waals surface area contributed by atoms with Crippen LogP contribution in [0.3, 0.4) is 0 Å². The third-order valence-electron chi connectivity index (χ3n) is 4.02. The van der Waals surface area contributed by atoms with Gasteiger partial charge in [0.15, 0.2) is 0 Å². The number of carbonyl (C=O) groups excluding carboxylic acids is 1. The normalized spacial score (nSPS) is 16.8. The number of hydrogen-bond acceptors (Lipinski definition) is 3. The first-order valence-electron chi connectivity index (χ1n) is 7.96. The minimum Gasteiger partial charge on any atom is -0.368 e. The maximum atomic E-state index is 11.8. The molecule has 0 aromatic heterocycles. The van der Waals surface area contributed by atoms with Gasteiger partial charge in [-0.1, -0.05) is 48.0 Å². The number of nitrogens with zero attached hydrogens (tertiary/aromatic N) is 1. The lowest BCUT2D eigenvalue weighted by Gasteiger charge is -2.24. The van der Waals surface area contributed by atoms with Crippen molar-refractivity contribution in [2.75, 3.05) is 6.61 Å². The molecule has 2 aromatic carbocycles. The first-order valence-corrected chi connectivity index (χ1v) is 8.34. The topological polar surface area (TPSA) is 50.7 Å². The minimum atomic E-state index is -0.251. The molecule has 0 fully saturated rings. The highest BCUT2D eigenvalue weighted by Gasteiger charge is 2.19. The zero-order valence-corrected chi connectivity index (χ0v) is 14.0. The van der Waals surface area contributed by atoms with Gasteiger partial charge in [-0.15, -0.1) is 0 Å². The molecule has 3 rings (SSSR count). The molecule has 1 aliphatic carbocycles. The van der Waals surface area contributed by atoms with Crippen molar-refractivity contribution < 1.29 is 9.53 Å². The van der Waals surface area contributed by atoms with E-state index >= 15 is 0 Å². The number of aryl methyl sites for hydroxylation is 1. The highest BCUT2D eigenvalue weighted by atomic mass is 35.5. The monoisotopic (exact) mass is 342 g/mol. The molecule has 124 valence electrons. The Hall–Kier alpha value is -2.17. The predicted molar refractivity (Wildman–Crippen MR) is 95.4 cm³/mol. The molecule has 0 spiro atoms. The summed E-state index contributed by atoms with van der Waals surface area (Å²) in [6.07, 6.45) is 4.46. The van der Waals surface area contributed by atoms with Gasteiger partial charge in [0, 0.05) is 5.02 Å². The molecule has 1 unspecified atom stereocenters. The molecule has 0 heterocycles. The summed E-state index contributed by atoms with van der Waals surface area (Å²) >= 11 is 5.81. The van der Waals surface area contributed by atoms with E-state index in [0.29, 0.717) is 5.02 Å². The van der Waals surface area contributed by atoms with Crippen LogP contribution < -0.4 is 5.43 Å². The summed E-state index contributed by atoms with van der Waals surface area (Å²) in [6, 6.07) is 15.6. The van der Waals surface area contributed by atoms with Crippen LogP contribution >= 0.6 is 11.6 Å². The highest BCUT2D eigenvalue weighted by Crippen LogP contribution is 2.22. The van der Waals surface area contributed by atoms with Gasteiger partial charge in [0.1, 0.15) is 6.61 Å². The summed E-state index contributed by atoms with van der Waals surface area (Å²) in [5.74, 6) is -0.251. The first-order chi connectivity index (χ1) is 11.7. The van der Waals surface area contributed by atoms with Crippen molar-refractivity contribution in [2.45, 2.75) is 25.4 Å². The van der Waals surface area contributed by atoms with Crippen molar-refractivity contribution in [2.24, 2.45) is 5.10 Å². The molecular weight excluding hydrogens is 324 g/mol. The Balaban J connectivity index is 1.42. The second-order valence-electron chi connectivity index (χ2n) is 5.79. The van der Waals surface area contributed by atoms with Gasteiger partial charge >= 0.3 is 0 Å². The molecule has 0 saturated heterocycles. The number of hydrazone groups is 1. The Labute approximate surface area is 146 Å². The van der Waals surface area contributed by atoms with E-state index < -0.39 is 0 Å². The number of halogens is 1. The SMILES string of the molecule is O=C(COC1CCc2ccccc2C1)NN=Cc1ccc(Cl)cc1. The summed E-state index contributed by atoms with van der Waals surface area (Å²) < 4.78 is 5.72. The van der Waals surface area contributed by atoms with Gasteiger partial charge in [-0.3, -0.25) is 4.79 Å². The van der Waals surface area contributed by atoms with Crippen molar-refractivity contribution in [1.29, 1.82) is 0 Å². The van der Waals surface area contributed by atoms with E-state index in [4.69, 9.17) is 16.3 Å². The Bertz CT molecular complexity index is 728. The molecule has 1 atom stereocenters. The van der Waals surface area contributed by atoms with Gasteiger partial charge in [-0.2, -0.15) is 5.10 Å². The Morgan fingerprint density at radius 3 is 2.75 bits per heavy atom. The lowest BCUT2D eigenvalue weighted by atomic mass is 9.90. The summed E-state index contributed by atoms with van der Waals surface area (Å²) in [6.45, 7) is 0.0186. The molecule has 2 aromatic rings. The van der Waals surface area contributed by atoms with Crippen molar-refractivity contribution in [3.63, 3.8) is 0 Å². The van der Waals surface area contributed by atoms with Crippen LogP contribution in [0, 0.1) is 0 Å². The smallest absolute Gasteiger partial charge is 0.266 e. The molecule has 1 amide bonds. The number of nitrogens with one attached hydrogen (secondary N) is 1. The molecule has 0 aliphatic heterocycles. The minimum absolute atomic E-state index is 0.0186. The van der Waals surface area contributed by atoms with Gasteiger partial charge in [-0.25, -0.2) is 5.43 Å². The molecule has 1 aliphatic rings. The molecular formula is C19H19ClN2O2. The van der Waals surface area contributed by atoms with Gasteiger partial charge in [0.05, 0.1) is 12.3 Å². The largest absolute Gasteiger partial charge is 0.368 e. The van der Waals surface area contributed by atoms with E-state index in [1.54, 1.807) is 18.3 Å². The Morgan fingerprint density at radius 2 is 1.96 bits per heavy atom. The Morgan fingerprint density at radius 1 is 1.21 bits per heavy atom. The van der Waals surface area contributed by atoms with Crippen LogP contribution in [0.1, 0.15) is 23.1 Å². The third kappa shape index (κ3) is 4.66. The van der Waals surface area contributed by atoms with Crippen molar-refractivity contribution in [3.8, 4) is 0 Å². The number of carbonyl (C=O) groups is 1. The summed E-state index contributed by atoms with van der Waals surface area (Å²) in [7, 11) is 0. The maximum Gasteiger partial charge on any atom is 0.266 e. The van der Waals surface area contributed by atoms with Crippen LogP contribution in [0.5, 0.6) is 0 Å². The van der Waals surface area contributed by atoms with Gasteiger partial charge < -0.3 is 4.74 Å². The predicted octanol–water partition coefficient (Wildman–Crippen LogP) is 3.36. The average molecular weight is 343 g/mol. The van der Waals surface area contributed by atoms with E-state index in [0.717, 1.165) is 24.8 Å². The summed E-state index contributed by atoms with van der Waals surface area (Å²) in [5, 5.41) is 4.59. The fourth-order valence-electron chi connectivity index (χ4n) is 2.76. The van der Waals surface area contributed by atoms with Crippen molar-refractivity contribution in [1.82, 2.24) is 5.43 Å². The standard InChI is InChI=1S/C19H19ClN2O2/c20-17-8-5-14(6-9-17)12-21-22-19(23)13-24-18-10-7-15-3-1-2-4-16(15)11-18/h1-6,8-9,12,18H,7,10-11,13H2,(H,22,23). The summed E-state index contributed by atoms with van der Waals surface area (Å²) in [5.41, 5.74) is 6.04. The second-order valence-corrected chi connectivity index (χ2v) is 6.23. The zero-order chi connectivity index (χ0) is 16.8. The molecule has 1 N–H and O–H groups in total. The van der Waals surface area contributed by atoms with E-state index in [9.17, 15) is 4.79 Å². The lowest BCUT2D eigenvalue weighted by molar-refractivity contribution is -0.127. The fraction of sp³-hybridized carbons (Fsp3) is 0.263. The van der Waals surface area contributed by atoms with Crippen LogP contribution in [0.15, 0.2) is 53.6 Å². The average Bonchev–Trinajstić information content (AvgIpc) is 2.61. The molecule has 0 saturated carbocycles. The molecule has 0 bridgehead atoms. The van der Waals surface area contributed by atoms with Crippen LogP contribution in [-0.4, -0.2) is 24.8 Å². The van der Waals surface area contributed by atoms with Crippen LogP contribution in [-0.2, 0) is 22.4 Å². The third-order valence-corrected chi connectivity index (χ3v) is 4.28. The number of rotatable bonds is 5. The van der Waals surface area contributed by atoms with E-state index in [1.807, 2.05) is 18.2 Å². The van der Waals surface area contributed by atoms with Crippen molar-refractivity contribution in [3.05, 3.63) is 70.2 Å². The molecule has 5 heteroatoms. The van der Waals surface area contributed by atoms with Crippen LogP contribution in [0.2, 0.25) is 5.02 Å². The molecule has 4 nitrogen and oxygen atoms in total. The van der Waals surface area contributed by atoms with Gasteiger partial charge in [0.25, 0.3) is 5.91 Å². The number of amides is 1. The van der Waals surface area contributed by atoms with Gasteiger partial charge in [0.2, 0.25) is 0 Å². The number of ether oxygens (including phenoxy) is 1. The maximum absolute atomic E-state index is 11.8. The van der Waals surface area contributed by atoms with E-state index in [1.165, 1.54) is 11.1 Å². The Kier molecular flexibility index (Phi) is 5.62. The molecule has 24 heavy (non-hydrogen) atoms.